The molecular weight excluding hydrogens is 282 g/mol. The van der Waals surface area contributed by atoms with Gasteiger partial charge in [0, 0.05) is 18.7 Å². The van der Waals surface area contributed by atoms with Crippen LogP contribution in [0, 0.1) is 12.8 Å². The third-order valence-corrected chi connectivity index (χ3v) is 4.11. The number of piperidine rings is 1. The second-order valence-corrected chi connectivity index (χ2v) is 5.93. The van der Waals surface area contributed by atoms with E-state index in [0.29, 0.717) is 25.4 Å². The molecule has 0 aromatic heterocycles. The molecule has 0 saturated carbocycles. The van der Waals surface area contributed by atoms with Gasteiger partial charge in [-0.05, 0) is 45.4 Å². The Labute approximate surface area is 131 Å². The SMILES string of the molecule is CCOc1ccc(C)cc1C(O)CN1CCCC(C(=O)O)C1. The molecule has 1 heterocycles. The number of benzene rings is 1. The number of likely N-dealkylation sites (tertiary alicyclic amines) is 1. The molecule has 1 aromatic carbocycles. The van der Waals surface area contributed by atoms with Crippen LogP contribution in [0.15, 0.2) is 18.2 Å². The quantitative estimate of drug-likeness (QED) is 0.843. The molecular formula is C17H25NO4. The second-order valence-electron chi connectivity index (χ2n) is 5.93. The van der Waals surface area contributed by atoms with E-state index in [0.717, 1.165) is 30.5 Å². The van der Waals surface area contributed by atoms with Crippen molar-refractivity contribution in [3.8, 4) is 5.75 Å². The van der Waals surface area contributed by atoms with Crippen LogP contribution < -0.4 is 4.74 Å². The Balaban J connectivity index is 2.06. The van der Waals surface area contributed by atoms with E-state index in [1.165, 1.54) is 0 Å². The number of aryl methyl sites for hydroxylation is 1. The molecule has 5 nitrogen and oxygen atoms in total. The number of β-amino-alcohol motifs (C(OH)–C–C–N with tert-alkyl or cyclic N) is 1. The molecule has 1 aliphatic rings. The number of carboxylic acids is 1. The maximum absolute atomic E-state index is 11.1. The molecule has 2 unspecified atom stereocenters. The molecule has 0 radical (unpaired) electrons. The summed E-state index contributed by atoms with van der Waals surface area (Å²) >= 11 is 0. The third kappa shape index (κ3) is 4.21. The van der Waals surface area contributed by atoms with Crippen molar-refractivity contribution in [1.29, 1.82) is 0 Å². The van der Waals surface area contributed by atoms with Gasteiger partial charge >= 0.3 is 5.97 Å². The first-order chi connectivity index (χ1) is 10.5. The molecule has 22 heavy (non-hydrogen) atoms. The fraction of sp³-hybridized carbons (Fsp3) is 0.588. The van der Waals surface area contributed by atoms with Crippen LogP contribution in [0.5, 0.6) is 5.75 Å². The molecule has 2 rings (SSSR count). The summed E-state index contributed by atoms with van der Waals surface area (Å²) in [5.74, 6) is -0.373. The minimum atomic E-state index is -0.746. The number of hydrogen-bond acceptors (Lipinski definition) is 4. The van der Waals surface area contributed by atoms with Gasteiger partial charge in [-0.2, -0.15) is 0 Å². The average molecular weight is 307 g/mol. The lowest BCUT2D eigenvalue weighted by molar-refractivity contribution is -0.143. The van der Waals surface area contributed by atoms with Crippen molar-refractivity contribution in [3.63, 3.8) is 0 Å². The highest BCUT2D eigenvalue weighted by Crippen LogP contribution is 2.28. The van der Waals surface area contributed by atoms with Gasteiger partial charge in [-0.15, -0.1) is 0 Å². The van der Waals surface area contributed by atoms with E-state index in [2.05, 4.69) is 0 Å². The number of aliphatic hydroxyl groups is 1. The number of ether oxygens (including phenoxy) is 1. The number of rotatable bonds is 6. The van der Waals surface area contributed by atoms with Gasteiger partial charge in [0.15, 0.2) is 0 Å². The van der Waals surface area contributed by atoms with Crippen molar-refractivity contribution < 1.29 is 19.7 Å². The normalized spacial score (nSPS) is 20.6. The minimum absolute atomic E-state index is 0.329. The highest BCUT2D eigenvalue weighted by atomic mass is 16.5. The molecule has 1 saturated heterocycles. The standard InChI is InChI=1S/C17H25NO4/c1-3-22-16-7-6-12(2)9-14(16)15(19)11-18-8-4-5-13(10-18)17(20)21/h6-7,9,13,15,19H,3-5,8,10-11H2,1-2H3,(H,20,21). The maximum atomic E-state index is 11.1. The Hall–Kier alpha value is -1.59. The third-order valence-electron chi connectivity index (χ3n) is 4.11. The van der Waals surface area contributed by atoms with Crippen LogP contribution in [-0.2, 0) is 4.79 Å². The van der Waals surface area contributed by atoms with Crippen LogP contribution in [0.25, 0.3) is 0 Å². The van der Waals surface area contributed by atoms with Crippen LogP contribution in [0.3, 0.4) is 0 Å². The summed E-state index contributed by atoms with van der Waals surface area (Å²) in [5, 5.41) is 19.7. The lowest BCUT2D eigenvalue weighted by Crippen LogP contribution is -2.40. The molecule has 5 heteroatoms. The summed E-state index contributed by atoms with van der Waals surface area (Å²) in [5.41, 5.74) is 1.85. The summed E-state index contributed by atoms with van der Waals surface area (Å²) in [7, 11) is 0. The van der Waals surface area contributed by atoms with Crippen LogP contribution in [0.1, 0.15) is 37.0 Å². The molecule has 122 valence electrons. The minimum Gasteiger partial charge on any atom is -0.493 e. The Morgan fingerprint density at radius 2 is 2.27 bits per heavy atom. The topological polar surface area (TPSA) is 70.0 Å². The first-order valence-corrected chi connectivity index (χ1v) is 7.87. The molecule has 0 spiro atoms. The van der Waals surface area contributed by atoms with E-state index in [1.807, 2.05) is 36.9 Å². The molecule has 1 aromatic rings. The van der Waals surface area contributed by atoms with Crippen molar-refractivity contribution >= 4 is 5.97 Å². The zero-order valence-corrected chi connectivity index (χ0v) is 13.3. The van der Waals surface area contributed by atoms with Crippen LogP contribution in [-0.4, -0.2) is 47.3 Å². The Morgan fingerprint density at radius 1 is 1.50 bits per heavy atom. The monoisotopic (exact) mass is 307 g/mol. The van der Waals surface area contributed by atoms with E-state index >= 15 is 0 Å². The Morgan fingerprint density at radius 3 is 2.95 bits per heavy atom. The predicted octanol–water partition coefficient (Wildman–Crippen LogP) is 2.22. The molecule has 1 aliphatic heterocycles. The molecule has 1 fully saturated rings. The predicted molar refractivity (Wildman–Crippen MR) is 84.1 cm³/mol. The molecule has 0 bridgehead atoms. The van der Waals surface area contributed by atoms with Crippen molar-refractivity contribution in [1.82, 2.24) is 4.90 Å². The number of nitrogens with zero attached hydrogens (tertiary/aromatic N) is 1. The van der Waals surface area contributed by atoms with Crippen LogP contribution >= 0.6 is 0 Å². The number of hydrogen-bond donors (Lipinski definition) is 2. The lowest BCUT2D eigenvalue weighted by atomic mass is 9.97. The zero-order valence-electron chi connectivity index (χ0n) is 13.3. The molecule has 0 amide bonds. The van der Waals surface area contributed by atoms with E-state index in [9.17, 15) is 9.90 Å². The summed E-state index contributed by atoms with van der Waals surface area (Å²) in [6.07, 6.45) is 0.904. The molecule has 0 aliphatic carbocycles. The molecule has 2 N–H and O–H groups in total. The van der Waals surface area contributed by atoms with Crippen molar-refractivity contribution in [3.05, 3.63) is 29.3 Å². The average Bonchev–Trinajstić information content (AvgIpc) is 2.49. The number of carbonyl (C=O) groups is 1. The van der Waals surface area contributed by atoms with Crippen molar-refractivity contribution in [2.24, 2.45) is 5.92 Å². The van der Waals surface area contributed by atoms with Gasteiger partial charge in [0.1, 0.15) is 5.75 Å². The van der Waals surface area contributed by atoms with Gasteiger partial charge in [-0.25, -0.2) is 0 Å². The number of aliphatic hydroxyl groups excluding tert-OH is 1. The fourth-order valence-electron chi connectivity index (χ4n) is 2.98. The summed E-state index contributed by atoms with van der Waals surface area (Å²) in [6, 6.07) is 5.78. The van der Waals surface area contributed by atoms with E-state index in [-0.39, 0.29) is 5.92 Å². The van der Waals surface area contributed by atoms with Gasteiger partial charge in [0.25, 0.3) is 0 Å². The smallest absolute Gasteiger partial charge is 0.307 e. The lowest BCUT2D eigenvalue weighted by Gasteiger charge is -2.32. The van der Waals surface area contributed by atoms with Crippen molar-refractivity contribution in [2.45, 2.75) is 32.8 Å². The van der Waals surface area contributed by atoms with Gasteiger partial charge in [-0.1, -0.05) is 11.6 Å². The first kappa shape index (κ1) is 16.8. The first-order valence-electron chi connectivity index (χ1n) is 7.87. The Kier molecular flexibility index (Phi) is 5.80. The maximum Gasteiger partial charge on any atom is 0.307 e. The van der Waals surface area contributed by atoms with Gasteiger partial charge < -0.3 is 14.9 Å². The van der Waals surface area contributed by atoms with Gasteiger partial charge in [0.05, 0.1) is 18.6 Å². The van der Waals surface area contributed by atoms with E-state index < -0.39 is 12.1 Å². The zero-order chi connectivity index (χ0) is 16.1. The van der Waals surface area contributed by atoms with Crippen LogP contribution in [0.2, 0.25) is 0 Å². The van der Waals surface area contributed by atoms with E-state index in [1.54, 1.807) is 0 Å². The highest BCUT2D eigenvalue weighted by Gasteiger charge is 2.27. The van der Waals surface area contributed by atoms with Crippen LogP contribution in [0.4, 0.5) is 0 Å². The highest BCUT2D eigenvalue weighted by molar-refractivity contribution is 5.70. The summed E-state index contributed by atoms with van der Waals surface area (Å²) in [6.45, 7) is 6.21. The second kappa shape index (κ2) is 7.61. The van der Waals surface area contributed by atoms with Gasteiger partial charge in [-0.3, -0.25) is 9.69 Å². The van der Waals surface area contributed by atoms with E-state index in [4.69, 9.17) is 9.84 Å². The number of aliphatic carboxylic acids is 1. The Bertz CT molecular complexity index is 517. The fourth-order valence-corrected chi connectivity index (χ4v) is 2.98. The van der Waals surface area contributed by atoms with Gasteiger partial charge in [0.2, 0.25) is 0 Å². The number of carboxylic acid groups (broad SMARTS) is 1. The largest absolute Gasteiger partial charge is 0.493 e. The van der Waals surface area contributed by atoms with Crippen molar-refractivity contribution in [2.75, 3.05) is 26.2 Å². The summed E-state index contributed by atoms with van der Waals surface area (Å²) < 4.78 is 5.59. The summed E-state index contributed by atoms with van der Waals surface area (Å²) in [4.78, 5) is 13.2. The molecule has 2 atom stereocenters.